The molecule has 0 spiro atoms. The third-order valence-electron chi connectivity index (χ3n) is 2.92. The maximum Gasteiger partial charge on any atom is 0.249 e. The van der Waals surface area contributed by atoms with Gasteiger partial charge in [-0.25, -0.2) is 9.13 Å². The van der Waals surface area contributed by atoms with Gasteiger partial charge in [0, 0.05) is 0 Å². The molecular weight excluding hydrogens is 335 g/mol. The lowest BCUT2D eigenvalue weighted by Crippen LogP contribution is -3.00. The van der Waals surface area contributed by atoms with Gasteiger partial charge >= 0.3 is 0 Å². The maximum atomic E-state index is 3.75. The summed E-state index contributed by atoms with van der Waals surface area (Å²) in [7, 11) is 0. The standard InChI is InChI=1S/C15H19N2.HI/c1-5-6-16-7-8-17(11-16)15-13(3)9-12(2)10-14(15)4;/h5,7-11H,1,6H2,2-4H3;1H/q+1;/p-1. The second kappa shape index (κ2) is 6.18. The minimum atomic E-state index is 0. The summed E-state index contributed by atoms with van der Waals surface area (Å²) in [6.45, 7) is 11.1. The molecule has 0 aliphatic rings. The van der Waals surface area contributed by atoms with E-state index in [4.69, 9.17) is 0 Å². The highest BCUT2D eigenvalue weighted by atomic mass is 127. The van der Waals surface area contributed by atoms with Crippen molar-refractivity contribution in [2.45, 2.75) is 27.3 Å². The topological polar surface area (TPSA) is 8.81 Å². The molecule has 96 valence electrons. The fourth-order valence-electron chi connectivity index (χ4n) is 2.36. The van der Waals surface area contributed by atoms with Crippen LogP contribution < -0.4 is 28.5 Å². The first-order valence-electron chi connectivity index (χ1n) is 5.88. The van der Waals surface area contributed by atoms with Gasteiger partial charge in [0.1, 0.15) is 24.6 Å². The van der Waals surface area contributed by atoms with E-state index in [0.717, 1.165) is 6.54 Å². The number of hydrogen-bond acceptors (Lipinski definition) is 0. The van der Waals surface area contributed by atoms with Crippen LogP contribution in [-0.4, -0.2) is 4.57 Å². The van der Waals surface area contributed by atoms with E-state index in [0.29, 0.717) is 0 Å². The van der Waals surface area contributed by atoms with Crippen molar-refractivity contribution in [1.29, 1.82) is 0 Å². The number of hydrogen-bond donors (Lipinski definition) is 0. The summed E-state index contributed by atoms with van der Waals surface area (Å²) in [6, 6.07) is 4.44. The quantitative estimate of drug-likeness (QED) is 0.413. The Morgan fingerprint density at radius 2 is 1.83 bits per heavy atom. The molecule has 0 aliphatic carbocycles. The largest absolute Gasteiger partial charge is 1.00 e. The van der Waals surface area contributed by atoms with Crippen LogP contribution in [0.2, 0.25) is 0 Å². The van der Waals surface area contributed by atoms with Gasteiger partial charge in [0.05, 0.1) is 0 Å². The predicted octanol–water partition coefficient (Wildman–Crippen LogP) is -0.120. The van der Waals surface area contributed by atoms with Gasteiger partial charge in [-0.05, 0) is 31.9 Å². The molecule has 0 aliphatic heterocycles. The van der Waals surface area contributed by atoms with Crippen molar-refractivity contribution in [3.8, 4) is 5.69 Å². The number of aromatic nitrogens is 2. The Kier molecular flexibility index (Phi) is 5.14. The number of nitrogens with zero attached hydrogens (tertiary/aromatic N) is 2. The minimum Gasteiger partial charge on any atom is -1.00 e. The highest BCUT2D eigenvalue weighted by molar-refractivity contribution is 5.48. The average Bonchev–Trinajstić information content (AvgIpc) is 2.65. The van der Waals surface area contributed by atoms with Gasteiger partial charge in [0.25, 0.3) is 0 Å². The number of imidazole rings is 1. The molecule has 1 heterocycles. The van der Waals surface area contributed by atoms with Crippen molar-refractivity contribution < 1.29 is 28.5 Å². The Labute approximate surface area is 126 Å². The van der Waals surface area contributed by atoms with Crippen molar-refractivity contribution in [3.05, 3.63) is 60.2 Å². The van der Waals surface area contributed by atoms with Gasteiger partial charge in [-0.2, -0.15) is 0 Å². The van der Waals surface area contributed by atoms with Gasteiger partial charge in [-0.15, -0.1) is 0 Å². The maximum absolute atomic E-state index is 3.75. The third kappa shape index (κ3) is 3.02. The predicted molar refractivity (Wildman–Crippen MR) is 70.4 cm³/mol. The van der Waals surface area contributed by atoms with Crippen LogP contribution in [0.5, 0.6) is 0 Å². The molecule has 0 N–H and O–H groups in total. The summed E-state index contributed by atoms with van der Waals surface area (Å²) in [5, 5.41) is 0. The lowest BCUT2D eigenvalue weighted by Gasteiger charge is -2.06. The summed E-state index contributed by atoms with van der Waals surface area (Å²) in [5.41, 5.74) is 5.21. The summed E-state index contributed by atoms with van der Waals surface area (Å²) in [4.78, 5) is 0. The molecule has 0 radical (unpaired) electrons. The monoisotopic (exact) mass is 354 g/mol. The molecule has 3 heteroatoms. The Bertz CT molecular complexity index is 532. The normalized spacial score (nSPS) is 9.94. The second-order valence-electron chi connectivity index (χ2n) is 4.55. The second-order valence-corrected chi connectivity index (χ2v) is 4.55. The first kappa shape index (κ1) is 15.0. The Morgan fingerprint density at radius 1 is 1.22 bits per heavy atom. The summed E-state index contributed by atoms with van der Waals surface area (Å²) in [5.74, 6) is 0. The molecule has 0 saturated heterocycles. The van der Waals surface area contributed by atoms with Crippen molar-refractivity contribution in [3.63, 3.8) is 0 Å². The van der Waals surface area contributed by atoms with Crippen molar-refractivity contribution >= 4 is 0 Å². The molecule has 0 saturated carbocycles. The van der Waals surface area contributed by atoms with E-state index in [2.05, 4.69) is 67.3 Å². The van der Waals surface area contributed by atoms with Crippen LogP contribution in [0.15, 0.2) is 43.5 Å². The molecule has 0 atom stereocenters. The number of aryl methyl sites for hydroxylation is 3. The van der Waals surface area contributed by atoms with E-state index in [-0.39, 0.29) is 24.0 Å². The van der Waals surface area contributed by atoms with Crippen molar-refractivity contribution in [1.82, 2.24) is 4.57 Å². The zero-order valence-corrected chi connectivity index (χ0v) is 13.3. The van der Waals surface area contributed by atoms with Crippen LogP contribution in [-0.2, 0) is 6.54 Å². The minimum absolute atomic E-state index is 0. The molecule has 1 aromatic carbocycles. The van der Waals surface area contributed by atoms with Crippen LogP contribution >= 0.6 is 0 Å². The van der Waals surface area contributed by atoms with Crippen LogP contribution in [0.4, 0.5) is 0 Å². The fraction of sp³-hybridized carbons (Fsp3) is 0.267. The van der Waals surface area contributed by atoms with Gasteiger partial charge in [-0.3, -0.25) is 0 Å². The Morgan fingerprint density at radius 3 is 2.39 bits per heavy atom. The molecule has 0 unspecified atom stereocenters. The van der Waals surface area contributed by atoms with Gasteiger partial charge < -0.3 is 24.0 Å². The molecule has 0 amide bonds. The molecule has 2 rings (SSSR count). The highest BCUT2D eigenvalue weighted by Crippen LogP contribution is 2.20. The highest BCUT2D eigenvalue weighted by Gasteiger charge is 2.12. The molecule has 2 aromatic rings. The molecular formula is C15H19IN2. The van der Waals surface area contributed by atoms with Gasteiger partial charge in [0.15, 0.2) is 0 Å². The van der Waals surface area contributed by atoms with Crippen molar-refractivity contribution in [2.75, 3.05) is 0 Å². The molecule has 0 bridgehead atoms. The van der Waals surface area contributed by atoms with Crippen molar-refractivity contribution in [2.24, 2.45) is 0 Å². The molecule has 1 aromatic heterocycles. The Hall–Kier alpha value is -1.10. The average molecular weight is 354 g/mol. The molecule has 2 nitrogen and oxygen atoms in total. The van der Waals surface area contributed by atoms with Crippen LogP contribution in [0.3, 0.4) is 0 Å². The number of benzene rings is 1. The number of halogens is 1. The van der Waals surface area contributed by atoms with Gasteiger partial charge in [-0.1, -0.05) is 30.4 Å². The van der Waals surface area contributed by atoms with E-state index < -0.39 is 0 Å². The fourth-order valence-corrected chi connectivity index (χ4v) is 2.36. The Balaban J connectivity index is 0.00000162. The third-order valence-corrected chi connectivity index (χ3v) is 2.92. The first-order valence-corrected chi connectivity index (χ1v) is 5.88. The van der Waals surface area contributed by atoms with E-state index in [1.165, 1.54) is 22.4 Å². The summed E-state index contributed by atoms with van der Waals surface area (Å²) in [6.07, 6.45) is 8.17. The summed E-state index contributed by atoms with van der Waals surface area (Å²) >= 11 is 0. The zero-order chi connectivity index (χ0) is 12.4. The van der Waals surface area contributed by atoms with E-state index >= 15 is 0 Å². The number of rotatable bonds is 3. The first-order chi connectivity index (χ1) is 8.11. The van der Waals surface area contributed by atoms with E-state index in [1.54, 1.807) is 0 Å². The van der Waals surface area contributed by atoms with E-state index in [1.807, 2.05) is 6.08 Å². The van der Waals surface area contributed by atoms with Gasteiger partial charge in [0.2, 0.25) is 6.33 Å². The zero-order valence-electron chi connectivity index (χ0n) is 11.2. The SMILES string of the molecule is C=CC[n+]1ccn(-c2c(C)cc(C)cc2C)c1.[I-]. The lowest BCUT2D eigenvalue weighted by molar-refractivity contribution is -0.686. The smallest absolute Gasteiger partial charge is 0.249 e. The van der Waals surface area contributed by atoms with Crippen LogP contribution in [0.1, 0.15) is 16.7 Å². The van der Waals surface area contributed by atoms with E-state index in [9.17, 15) is 0 Å². The van der Waals surface area contributed by atoms with Crippen LogP contribution in [0, 0.1) is 20.8 Å². The summed E-state index contributed by atoms with van der Waals surface area (Å²) < 4.78 is 4.29. The number of allylic oxidation sites excluding steroid dienone is 1. The molecule has 0 fully saturated rings. The lowest BCUT2D eigenvalue weighted by atomic mass is 10.1. The van der Waals surface area contributed by atoms with Crippen LogP contribution in [0.25, 0.3) is 5.69 Å². The molecule has 18 heavy (non-hydrogen) atoms.